The van der Waals surface area contributed by atoms with Gasteiger partial charge in [0.15, 0.2) is 0 Å². The Bertz CT molecular complexity index is 2390. The van der Waals surface area contributed by atoms with Crippen LogP contribution in [0.1, 0.15) is 41.0 Å². The van der Waals surface area contributed by atoms with Crippen LogP contribution >= 0.6 is 0 Å². The number of phenols is 1. The molecule has 5 aromatic rings. The lowest BCUT2D eigenvalue weighted by atomic mass is 9.49. The fraction of sp³-hybridized carbons (Fsp3) is 0.200. The Kier molecular flexibility index (Phi) is 7.48. The van der Waals surface area contributed by atoms with E-state index in [0.29, 0.717) is 27.9 Å². The Morgan fingerprint density at radius 2 is 1.51 bits per heavy atom. The number of fused-ring (bicyclic) bond motifs is 5. The third-order valence-electron chi connectivity index (χ3n) is 12.0. The van der Waals surface area contributed by atoms with E-state index in [1.807, 2.05) is 116 Å². The zero-order valence-corrected chi connectivity index (χ0v) is 29.1. The Labute approximate surface area is 307 Å². The van der Waals surface area contributed by atoms with Crippen molar-refractivity contribution >= 4 is 51.9 Å². The molecule has 53 heavy (non-hydrogen) atoms. The van der Waals surface area contributed by atoms with Crippen molar-refractivity contribution in [3.63, 3.8) is 0 Å². The molecule has 1 saturated carbocycles. The van der Waals surface area contributed by atoms with Crippen molar-refractivity contribution in [1.82, 2.24) is 5.01 Å². The summed E-state index contributed by atoms with van der Waals surface area (Å²) < 4.78 is 0. The maximum Gasteiger partial charge on any atom is 0.260 e. The standard InChI is InChI=1S/C45H37N3O5/c1-3-27-15-20-31(21-16-27)47-41(50)34-24-23-33-36(38(34)43(47)52)25-37-42(51)48(46-30-18-13-26(2)14-19-30)44(53)45(37,29-10-5-4-6-11-29)39(33)35-22-17-28-9-7-8-12-32(28)40(35)49/h3-23,34,36-39,46,49H,1,24-25H2,2H3. The molecule has 8 heteroatoms. The molecule has 8 nitrogen and oxygen atoms in total. The van der Waals surface area contributed by atoms with Crippen molar-refractivity contribution in [3.05, 3.63) is 156 Å². The maximum atomic E-state index is 15.4. The van der Waals surface area contributed by atoms with Crippen LogP contribution in [-0.2, 0) is 24.6 Å². The summed E-state index contributed by atoms with van der Waals surface area (Å²) in [5.74, 6) is -5.09. The fourth-order valence-corrected chi connectivity index (χ4v) is 9.61. The number of carbonyl (C=O) groups is 4. The molecule has 2 N–H and O–H groups in total. The summed E-state index contributed by atoms with van der Waals surface area (Å²) in [6.07, 6.45) is 4.17. The normalized spacial score (nSPS) is 26.3. The number of nitrogens with zero attached hydrogens (tertiary/aromatic N) is 2. The van der Waals surface area contributed by atoms with E-state index >= 15 is 4.79 Å². The molecule has 0 bridgehead atoms. The molecule has 0 radical (unpaired) electrons. The molecule has 262 valence electrons. The van der Waals surface area contributed by atoms with Gasteiger partial charge in [0.1, 0.15) is 5.75 Å². The third kappa shape index (κ3) is 4.68. The monoisotopic (exact) mass is 699 g/mol. The molecule has 0 aromatic heterocycles. The summed E-state index contributed by atoms with van der Waals surface area (Å²) in [5.41, 5.74) is 6.56. The molecule has 6 atom stereocenters. The molecule has 4 amide bonds. The highest BCUT2D eigenvalue weighted by molar-refractivity contribution is 6.22. The van der Waals surface area contributed by atoms with Gasteiger partial charge in [-0.05, 0) is 66.5 Å². The van der Waals surface area contributed by atoms with E-state index in [-0.39, 0.29) is 30.4 Å². The highest BCUT2D eigenvalue weighted by Crippen LogP contribution is 2.65. The highest BCUT2D eigenvalue weighted by Gasteiger charge is 2.70. The van der Waals surface area contributed by atoms with Crippen LogP contribution in [0.5, 0.6) is 5.75 Å². The molecule has 0 spiro atoms. The number of aromatic hydroxyl groups is 1. The number of hydrogen-bond donors (Lipinski definition) is 2. The Morgan fingerprint density at radius 3 is 2.25 bits per heavy atom. The van der Waals surface area contributed by atoms with E-state index in [2.05, 4.69) is 12.0 Å². The topological polar surface area (TPSA) is 107 Å². The van der Waals surface area contributed by atoms with Crippen LogP contribution in [0.15, 0.2) is 133 Å². The molecular weight excluding hydrogens is 663 g/mol. The van der Waals surface area contributed by atoms with Gasteiger partial charge in [-0.25, -0.2) is 0 Å². The van der Waals surface area contributed by atoms with Crippen LogP contribution in [0.3, 0.4) is 0 Å². The van der Waals surface area contributed by atoms with Crippen LogP contribution < -0.4 is 10.3 Å². The summed E-state index contributed by atoms with van der Waals surface area (Å²) in [4.78, 5) is 60.3. The molecule has 2 heterocycles. The average Bonchev–Trinajstić information content (AvgIpc) is 3.57. The van der Waals surface area contributed by atoms with E-state index in [4.69, 9.17) is 0 Å². The number of nitrogens with one attached hydrogen (secondary N) is 1. The van der Waals surface area contributed by atoms with Crippen molar-refractivity contribution in [3.8, 4) is 5.75 Å². The zero-order valence-electron chi connectivity index (χ0n) is 29.1. The lowest BCUT2D eigenvalue weighted by Gasteiger charge is -2.50. The number of hydrazine groups is 1. The van der Waals surface area contributed by atoms with Gasteiger partial charge in [-0.1, -0.05) is 121 Å². The summed E-state index contributed by atoms with van der Waals surface area (Å²) in [5, 5.41) is 14.8. The fourth-order valence-electron chi connectivity index (χ4n) is 9.61. The van der Waals surface area contributed by atoms with Gasteiger partial charge in [-0.3, -0.25) is 29.5 Å². The largest absolute Gasteiger partial charge is 0.507 e. The summed E-state index contributed by atoms with van der Waals surface area (Å²) in [6, 6.07) is 35.2. The van der Waals surface area contributed by atoms with Crippen LogP contribution in [0.25, 0.3) is 16.8 Å². The summed E-state index contributed by atoms with van der Waals surface area (Å²) in [7, 11) is 0. The second-order valence-electron chi connectivity index (χ2n) is 14.6. The highest BCUT2D eigenvalue weighted by atomic mass is 16.3. The first-order chi connectivity index (χ1) is 25.7. The number of hydrogen-bond acceptors (Lipinski definition) is 6. The molecular formula is C45H37N3O5. The van der Waals surface area contributed by atoms with Crippen molar-refractivity contribution in [2.24, 2.45) is 23.7 Å². The number of rotatable bonds is 6. The smallest absolute Gasteiger partial charge is 0.260 e. The molecule has 9 rings (SSSR count). The van der Waals surface area contributed by atoms with Crippen molar-refractivity contribution in [2.75, 3.05) is 10.3 Å². The van der Waals surface area contributed by atoms with E-state index < -0.39 is 46.8 Å². The van der Waals surface area contributed by atoms with E-state index in [1.54, 1.807) is 18.2 Å². The zero-order chi connectivity index (χ0) is 36.6. The minimum absolute atomic E-state index is 0.0220. The number of allylic oxidation sites excluding steroid dienone is 2. The summed E-state index contributed by atoms with van der Waals surface area (Å²) >= 11 is 0. The van der Waals surface area contributed by atoms with E-state index in [9.17, 15) is 19.5 Å². The van der Waals surface area contributed by atoms with Crippen LogP contribution in [0.4, 0.5) is 11.4 Å². The number of benzene rings is 5. The van der Waals surface area contributed by atoms with Gasteiger partial charge in [0.05, 0.1) is 34.5 Å². The second-order valence-corrected chi connectivity index (χ2v) is 14.6. The molecule has 2 saturated heterocycles. The predicted molar refractivity (Wildman–Crippen MR) is 203 cm³/mol. The minimum Gasteiger partial charge on any atom is -0.507 e. The van der Waals surface area contributed by atoms with Gasteiger partial charge in [0, 0.05) is 16.9 Å². The molecule has 6 unspecified atom stereocenters. The number of amides is 4. The Morgan fingerprint density at radius 1 is 0.792 bits per heavy atom. The van der Waals surface area contributed by atoms with Gasteiger partial charge < -0.3 is 5.11 Å². The lowest BCUT2D eigenvalue weighted by molar-refractivity contribution is -0.138. The second kappa shape index (κ2) is 12.2. The van der Waals surface area contributed by atoms with Crippen molar-refractivity contribution in [1.29, 1.82) is 0 Å². The Balaban J connectivity index is 1.25. The SMILES string of the molecule is C=Cc1ccc(N2C(=O)C3CC=C4C(CC5C(=O)N(Nc6ccc(C)cc6)C(=O)C5(c5ccccc5)C4c4ccc5ccccc5c4O)C3C2=O)cc1. The van der Waals surface area contributed by atoms with Gasteiger partial charge in [0.25, 0.3) is 11.8 Å². The number of anilines is 2. The molecule has 4 aliphatic rings. The number of carbonyl (C=O) groups excluding carboxylic acids is 4. The number of imide groups is 2. The van der Waals surface area contributed by atoms with Crippen molar-refractivity contribution < 1.29 is 24.3 Å². The third-order valence-corrected chi connectivity index (χ3v) is 12.0. The van der Waals surface area contributed by atoms with Crippen molar-refractivity contribution in [2.45, 2.75) is 31.1 Å². The maximum absolute atomic E-state index is 15.4. The minimum atomic E-state index is -1.48. The van der Waals surface area contributed by atoms with Gasteiger partial charge >= 0.3 is 0 Å². The van der Waals surface area contributed by atoms with E-state index in [1.165, 1.54) is 4.90 Å². The first-order valence-electron chi connectivity index (χ1n) is 18.0. The first-order valence-corrected chi connectivity index (χ1v) is 18.0. The summed E-state index contributed by atoms with van der Waals surface area (Å²) in [6.45, 7) is 5.78. The predicted octanol–water partition coefficient (Wildman–Crippen LogP) is 7.69. The average molecular weight is 700 g/mol. The first kappa shape index (κ1) is 32.6. The molecule has 5 aromatic carbocycles. The van der Waals surface area contributed by atoms with Crippen LogP contribution in [0, 0.1) is 30.6 Å². The van der Waals surface area contributed by atoms with Gasteiger partial charge in [-0.2, -0.15) is 5.01 Å². The number of phenolic OH excluding ortho intramolecular Hbond substituents is 1. The molecule has 3 fully saturated rings. The van der Waals surface area contributed by atoms with Gasteiger partial charge in [0.2, 0.25) is 11.8 Å². The van der Waals surface area contributed by atoms with Crippen LogP contribution in [-0.4, -0.2) is 33.7 Å². The van der Waals surface area contributed by atoms with Gasteiger partial charge in [-0.15, -0.1) is 0 Å². The number of aryl methyl sites for hydroxylation is 1. The van der Waals surface area contributed by atoms with E-state index in [0.717, 1.165) is 27.1 Å². The van der Waals surface area contributed by atoms with Crippen LogP contribution in [0.2, 0.25) is 0 Å². The Hall–Kier alpha value is -6.28. The quantitative estimate of drug-likeness (QED) is 0.139. The lowest BCUT2D eigenvalue weighted by Crippen LogP contribution is -2.53. The molecule has 2 aliphatic carbocycles. The molecule has 2 aliphatic heterocycles.